The van der Waals surface area contributed by atoms with Crippen molar-refractivity contribution in [2.45, 2.75) is 19.3 Å². The molecule has 1 aromatic heterocycles. The van der Waals surface area contributed by atoms with E-state index in [1.165, 1.54) is 32.4 Å². The summed E-state index contributed by atoms with van der Waals surface area (Å²) in [6.07, 6.45) is 10.5. The second kappa shape index (κ2) is 9.14. The van der Waals surface area contributed by atoms with Crippen LogP contribution in [0.15, 0.2) is 54.9 Å². The maximum absolute atomic E-state index is 12.2. The molecule has 25 heavy (non-hydrogen) atoms. The van der Waals surface area contributed by atoms with E-state index in [1.54, 1.807) is 30.6 Å². The lowest BCUT2D eigenvalue weighted by Crippen LogP contribution is -2.33. The van der Waals surface area contributed by atoms with Gasteiger partial charge in [-0.15, -0.1) is 0 Å². The molecule has 0 amide bonds. The Hall–Kier alpha value is -2.46. The summed E-state index contributed by atoms with van der Waals surface area (Å²) in [5.74, 6) is 0.756. The van der Waals surface area contributed by atoms with Gasteiger partial charge in [-0.1, -0.05) is 24.6 Å². The van der Waals surface area contributed by atoms with Crippen LogP contribution >= 0.6 is 0 Å². The minimum absolute atomic E-state index is 0.0591. The topological polar surface area (TPSA) is 42.4 Å². The number of nitrogens with zero attached hydrogens (tertiary/aromatic N) is 2. The van der Waals surface area contributed by atoms with Gasteiger partial charge in [0.1, 0.15) is 12.4 Å². The van der Waals surface area contributed by atoms with Crippen molar-refractivity contribution in [3.05, 3.63) is 66.0 Å². The molecule has 0 aliphatic carbocycles. The second-order valence-corrected chi connectivity index (χ2v) is 6.23. The Labute approximate surface area is 149 Å². The van der Waals surface area contributed by atoms with Crippen LogP contribution < -0.4 is 4.74 Å². The van der Waals surface area contributed by atoms with Gasteiger partial charge in [-0.3, -0.25) is 14.7 Å². The molecule has 1 aliphatic heterocycles. The van der Waals surface area contributed by atoms with Crippen molar-refractivity contribution in [1.82, 2.24) is 9.88 Å². The minimum Gasteiger partial charge on any atom is -0.492 e. The van der Waals surface area contributed by atoms with Crippen LogP contribution in [0.1, 0.15) is 35.2 Å². The third-order valence-corrected chi connectivity index (χ3v) is 4.39. The maximum atomic E-state index is 12.2. The van der Waals surface area contributed by atoms with Crippen LogP contribution in [0.2, 0.25) is 0 Å². The van der Waals surface area contributed by atoms with E-state index in [1.807, 2.05) is 30.3 Å². The fourth-order valence-electron chi connectivity index (χ4n) is 2.99. The van der Waals surface area contributed by atoms with Crippen LogP contribution in [0.5, 0.6) is 5.75 Å². The number of likely N-dealkylation sites (tertiary alicyclic amines) is 1. The molecule has 4 heteroatoms. The highest BCUT2D eigenvalue weighted by atomic mass is 16.5. The molecule has 3 rings (SSSR count). The summed E-state index contributed by atoms with van der Waals surface area (Å²) in [4.78, 5) is 18.6. The number of piperidine rings is 1. The number of allylic oxidation sites excluding steroid dienone is 1. The first-order chi connectivity index (χ1) is 12.3. The zero-order chi connectivity index (χ0) is 17.3. The number of pyridine rings is 1. The van der Waals surface area contributed by atoms with Gasteiger partial charge in [0.2, 0.25) is 0 Å². The van der Waals surface area contributed by atoms with E-state index in [-0.39, 0.29) is 5.78 Å². The molecule has 1 fully saturated rings. The number of carbonyl (C=O) groups is 1. The Bertz CT molecular complexity index is 707. The van der Waals surface area contributed by atoms with Gasteiger partial charge in [0.15, 0.2) is 5.78 Å². The lowest BCUT2D eigenvalue weighted by atomic mass is 10.1. The van der Waals surface area contributed by atoms with Gasteiger partial charge in [0.25, 0.3) is 0 Å². The van der Waals surface area contributed by atoms with Gasteiger partial charge in [-0.2, -0.15) is 0 Å². The lowest BCUT2D eigenvalue weighted by Gasteiger charge is -2.26. The normalized spacial score (nSPS) is 15.4. The van der Waals surface area contributed by atoms with E-state index >= 15 is 0 Å². The minimum atomic E-state index is -0.0591. The first kappa shape index (κ1) is 17.4. The molecule has 1 saturated heterocycles. The average Bonchev–Trinajstić information content (AvgIpc) is 2.68. The zero-order valence-electron chi connectivity index (χ0n) is 14.4. The molecular formula is C21H24N2O2. The van der Waals surface area contributed by atoms with Gasteiger partial charge in [-0.05, 0) is 56.3 Å². The highest BCUT2D eigenvalue weighted by Gasteiger charge is 2.10. The highest BCUT2D eigenvalue weighted by Crippen LogP contribution is 2.20. The molecule has 0 N–H and O–H groups in total. The molecule has 0 atom stereocenters. The number of benzene rings is 1. The van der Waals surface area contributed by atoms with Crippen molar-refractivity contribution in [1.29, 1.82) is 0 Å². The van der Waals surface area contributed by atoms with Crippen molar-refractivity contribution in [2.75, 3.05) is 26.2 Å². The van der Waals surface area contributed by atoms with Gasteiger partial charge in [0, 0.05) is 30.1 Å². The number of para-hydroxylation sites is 1. The Morgan fingerprint density at radius 1 is 1.12 bits per heavy atom. The summed E-state index contributed by atoms with van der Waals surface area (Å²) in [6, 6.07) is 11.3. The molecule has 1 aromatic carbocycles. The van der Waals surface area contributed by atoms with E-state index in [9.17, 15) is 4.79 Å². The molecule has 0 saturated carbocycles. The summed E-state index contributed by atoms with van der Waals surface area (Å²) in [5.41, 5.74) is 1.50. The van der Waals surface area contributed by atoms with Crippen molar-refractivity contribution >= 4 is 11.9 Å². The predicted molar refractivity (Wildman–Crippen MR) is 99.8 cm³/mol. The van der Waals surface area contributed by atoms with E-state index in [0.717, 1.165) is 17.9 Å². The SMILES string of the molecule is O=C(/C=C\c1ccccc1OCCN1CCCCC1)c1cccnc1. The largest absolute Gasteiger partial charge is 0.492 e. The van der Waals surface area contributed by atoms with E-state index in [0.29, 0.717) is 12.2 Å². The predicted octanol–water partition coefficient (Wildman–Crippen LogP) is 3.84. The molecule has 2 aromatic rings. The van der Waals surface area contributed by atoms with E-state index < -0.39 is 0 Å². The fraction of sp³-hybridized carbons (Fsp3) is 0.333. The lowest BCUT2D eigenvalue weighted by molar-refractivity contribution is 0.104. The third-order valence-electron chi connectivity index (χ3n) is 4.39. The van der Waals surface area contributed by atoms with Crippen molar-refractivity contribution < 1.29 is 9.53 Å². The van der Waals surface area contributed by atoms with E-state index in [2.05, 4.69) is 9.88 Å². The van der Waals surface area contributed by atoms with Crippen molar-refractivity contribution in [2.24, 2.45) is 0 Å². The standard InChI is InChI=1S/C21H24N2O2/c24-20(19-8-6-12-22-17-19)11-10-18-7-2-3-9-21(18)25-16-15-23-13-4-1-5-14-23/h2-3,6-12,17H,1,4-5,13-16H2/b11-10-. The number of hydrogen-bond acceptors (Lipinski definition) is 4. The molecule has 0 unspecified atom stereocenters. The van der Waals surface area contributed by atoms with Crippen LogP contribution in [0.3, 0.4) is 0 Å². The smallest absolute Gasteiger partial charge is 0.187 e. The number of carbonyl (C=O) groups excluding carboxylic acids is 1. The molecule has 0 spiro atoms. The summed E-state index contributed by atoms with van der Waals surface area (Å²) in [6.45, 7) is 3.96. The summed E-state index contributed by atoms with van der Waals surface area (Å²) in [7, 11) is 0. The molecule has 0 bridgehead atoms. The van der Waals surface area contributed by atoms with Gasteiger partial charge in [0.05, 0.1) is 0 Å². The first-order valence-electron chi connectivity index (χ1n) is 8.89. The number of hydrogen-bond donors (Lipinski definition) is 0. The van der Waals surface area contributed by atoms with Crippen LogP contribution in [-0.4, -0.2) is 41.9 Å². The number of aromatic nitrogens is 1. The first-order valence-corrected chi connectivity index (χ1v) is 8.89. The molecule has 1 aliphatic rings. The third kappa shape index (κ3) is 5.26. The Morgan fingerprint density at radius 3 is 2.76 bits per heavy atom. The van der Waals surface area contributed by atoms with Crippen molar-refractivity contribution in [3.8, 4) is 5.75 Å². The maximum Gasteiger partial charge on any atom is 0.187 e. The Balaban J connectivity index is 1.58. The van der Waals surface area contributed by atoms with E-state index in [4.69, 9.17) is 4.74 Å². The number of ketones is 1. The second-order valence-electron chi connectivity index (χ2n) is 6.23. The molecular weight excluding hydrogens is 312 g/mol. The van der Waals surface area contributed by atoms with Crippen molar-refractivity contribution in [3.63, 3.8) is 0 Å². The Morgan fingerprint density at radius 2 is 1.96 bits per heavy atom. The monoisotopic (exact) mass is 336 g/mol. The number of rotatable bonds is 7. The summed E-state index contributed by atoms with van der Waals surface area (Å²) in [5, 5.41) is 0. The fourth-order valence-corrected chi connectivity index (χ4v) is 2.99. The van der Waals surface area contributed by atoms with Gasteiger partial charge >= 0.3 is 0 Å². The Kier molecular flexibility index (Phi) is 6.35. The van der Waals surface area contributed by atoms with Crippen LogP contribution in [0.4, 0.5) is 0 Å². The molecule has 130 valence electrons. The number of ether oxygens (including phenoxy) is 1. The summed E-state index contributed by atoms with van der Waals surface area (Å²) < 4.78 is 5.96. The zero-order valence-corrected chi connectivity index (χ0v) is 14.4. The molecule has 4 nitrogen and oxygen atoms in total. The molecule has 0 radical (unpaired) electrons. The summed E-state index contributed by atoms with van der Waals surface area (Å²) >= 11 is 0. The quantitative estimate of drug-likeness (QED) is 0.569. The van der Waals surface area contributed by atoms with Crippen LogP contribution in [0, 0.1) is 0 Å². The average molecular weight is 336 g/mol. The van der Waals surface area contributed by atoms with Crippen LogP contribution in [-0.2, 0) is 0 Å². The molecule has 2 heterocycles. The van der Waals surface area contributed by atoms with Gasteiger partial charge < -0.3 is 4.74 Å². The van der Waals surface area contributed by atoms with Gasteiger partial charge in [-0.25, -0.2) is 0 Å². The van der Waals surface area contributed by atoms with Crippen LogP contribution in [0.25, 0.3) is 6.08 Å². The highest BCUT2D eigenvalue weighted by molar-refractivity contribution is 6.06.